The van der Waals surface area contributed by atoms with Gasteiger partial charge in [-0.15, -0.1) is 0 Å². The van der Waals surface area contributed by atoms with E-state index in [0.29, 0.717) is 24.5 Å². The first-order valence-electron chi connectivity index (χ1n) is 10.4. The van der Waals surface area contributed by atoms with Gasteiger partial charge < -0.3 is 20.4 Å². The van der Waals surface area contributed by atoms with E-state index in [1.54, 1.807) is 35.2 Å². The van der Waals surface area contributed by atoms with Crippen LogP contribution in [0.4, 0.5) is 11.5 Å². The first-order valence-corrected chi connectivity index (χ1v) is 10.4. The first kappa shape index (κ1) is 22.3. The van der Waals surface area contributed by atoms with Crippen molar-refractivity contribution >= 4 is 29.2 Å². The molecule has 8 heteroatoms. The third-order valence-electron chi connectivity index (χ3n) is 5.58. The van der Waals surface area contributed by atoms with Crippen molar-refractivity contribution in [2.75, 3.05) is 30.8 Å². The summed E-state index contributed by atoms with van der Waals surface area (Å²) in [4.78, 5) is 43.5. The van der Waals surface area contributed by atoms with Gasteiger partial charge in [-0.05, 0) is 43.2 Å². The van der Waals surface area contributed by atoms with E-state index in [-0.39, 0.29) is 29.8 Å². The second-order valence-corrected chi connectivity index (χ2v) is 7.93. The molecule has 0 bridgehead atoms. The third kappa shape index (κ3) is 5.59. The Kier molecular flexibility index (Phi) is 6.89. The van der Waals surface area contributed by atoms with Gasteiger partial charge in [0.25, 0.3) is 5.91 Å². The van der Waals surface area contributed by atoms with Crippen molar-refractivity contribution in [2.24, 2.45) is 0 Å². The number of likely N-dealkylation sites (tertiary alicyclic amines) is 1. The van der Waals surface area contributed by atoms with Crippen molar-refractivity contribution in [2.45, 2.75) is 39.3 Å². The van der Waals surface area contributed by atoms with Gasteiger partial charge in [-0.1, -0.05) is 12.1 Å². The summed E-state index contributed by atoms with van der Waals surface area (Å²) in [5, 5.41) is 6.10. The molecule has 0 spiro atoms. The van der Waals surface area contributed by atoms with Crippen LogP contribution in [-0.4, -0.2) is 58.7 Å². The van der Waals surface area contributed by atoms with Crippen LogP contribution in [0.5, 0.6) is 0 Å². The van der Waals surface area contributed by atoms with Gasteiger partial charge in [-0.2, -0.15) is 0 Å². The van der Waals surface area contributed by atoms with E-state index >= 15 is 0 Å². The lowest BCUT2D eigenvalue weighted by Gasteiger charge is -2.23. The molecule has 1 aliphatic rings. The molecule has 0 radical (unpaired) electrons. The summed E-state index contributed by atoms with van der Waals surface area (Å²) < 4.78 is 0. The number of anilines is 2. The normalized spacial score (nSPS) is 16.5. The predicted molar refractivity (Wildman–Crippen MR) is 120 cm³/mol. The molecule has 1 unspecified atom stereocenters. The number of amides is 3. The largest absolute Gasteiger partial charge is 0.364 e. The number of nitrogens with one attached hydrogen (secondary N) is 2. The van der Waals surface area contributed by atoms with E-state index in [0.717, 1.165) is 17.7 Å². The molecule has 1 fully saturated rings. The fourth-order valence-electron chi connectivity index (χ4n) is 3.68. The highest BCUT2D eigenvalue weighted by Crippen LogP contribution is 2.22. The number of carbonyl (C=O) groups excluding carboxylic acids is 3. The minimum Gasteiger partial charge on any atom is -0.364 e. The van der Waals surface area contributed by atoms with E-state index in [2.05, 4.69) is 15.6 Å². The van der Waals surface area contributed by atoms with Gasteiger partial charge in [0.05, 0.1) is 17.6 Å². The summed E-state index contributed by atoms with van der Waals surface area (Å²) in [6.07, 6.45) is 2.36. The van der Waals surface area contributed by atoms with Gasteiger partial charge in [0.15, 0.2) is 0 Å². The summed E-state index contributed by atoms with van der Waals surface area (Å²) in [7, 11) is 1.77. The highest BCUT2D eigenvalue weighted by atomic mass is 16.2. The molecule has 1 aromatic carbocycles. The van der Waals surface area contributed by atoms with Gasteiger partial charge in [0.1, 0.15) is 5.82 Å². The van der Waals surface area contributed by atoms with E-state index in [9.17, 15) is 14.4 Å². The SMILES string of the molecule is CC(=O)Nc1cccc(C(C)Nc2ccc(C(=O)N3CC[C@H](N(C)C(C)=O)C3)cn2)c1. The van der Waals surface area contributed by atoms with Crippen LogP contribution in [0.3, 0.4) is 0 Å². The molecule has 0 saturated carbocycles. The highest BCUT2D eigenvalue weighted by Gasteiger charge is 2.30. The zero-order chi connectivity index (χ0) is 22.5. The average Bonchev–Trinajstić information content (AvgIpc) is 3.23. The Labute approximate surface area is 182 Å². The second kappa shape index (κ2) is 9.59. The van der Waals surface area contributed by atoms with Crippen LogP contribution < -0.4 is 10.6 Å². The van der Waals surface area contributed by atoms with Crippen LogP contribution in [0.15, 0.2) is 42.6 Å². The Morgan fingerprint density at radius 3 is 2.61 bits per heavy atom. The molecule has 2 heterocycles. The standard InChI is InChI=1S/C23H29N5O3/c1-15(18-6-5-7-20(12-18)26-16(2)29)25-22-9-8-19(13-24-22)23(31)28-11-10-21(14-28)27(4)17(3)30/h5-9,12-13,15,21H,10-11,14H2,1-4H3,(H,24,25)(H,26,29)/t15?,21-/m0/s1. The zero-order valence-electron chi connectivity index (χ0n) is 18.4. The van der Waals surface area contributed by atoms with Crippen molar-refractivity contribution in [1.82, 2.24) is 14.8 Å². The lowest BCUT2D eigenvalue weighted by atomic mass is 10.1. The Morgan fingerprint density at radius 2 is 1.97 bits per heavy atom. The molecule has 31 heavy (non-hydrogen) atoms. The number of hydrogen-bond acceptors (Lipinski definition) is 5. The summed E-state index contributed by atoms with van der Waals surface area (Å²) in [5.74, 6) is 0.476. The fraction of sp³-hybridized carbons (Fsp3) is 0.391. The van der Waals surface area contributed by atoms with Crippen LogP contribution >= 0.6 is 0 Å². The Balaban J connectivity index is 1.61. The van der Waals surface area contributed by atoms with Gasteiger partial charge >= 0.3 is 0 Å². The van der Waals surface area contributed by atoms with E-state index in [4.69, 9.17) is 0 Å². The van der Waals surface area contributed by atoms with Crippen LogP contribution in [0.1, 0.15) is 49.2 Å². The molecular weight excluding hydrogens is 394 g/mol. The predicted octanol–water partition coefficient (Wildman–Crippen LogP) is 2.91. The molecule has 164 valence electrons. The molecular formula is C23H29N5O3. The third-order valence-corrected chi connectivity index (χ3v) is 5.58. The molecule has 1 aromatic heterocycles. The smallest absolute Gasteiger partial charge is 0.255 e. The Morgan fingerprint density at radius 1 is 1.19 bits per heavy atom. The fourth-order valence-corrected chi connectivity index (χ4v) is 3.68. The molecule has 1 saturated heterocycles. The number of aromatic nitrogens is 1. The van der Waals surface area contributed by atoms with Crippen LogP contribution in [0.25, 0.3) is 0 Å². The second-order valence-electron chi connectivity index (χ2n) is 7.93. The van der Waals surface area contributed by atoms with Gasteiger partial charge in [-0.25, -0.2) is 4.98 Å². The summed E-state index contributed by atoms with van der Waals surface area (Å²) in [6.45, 7) is 6.19. The number of carbonyl (C=O) groups is 3. The molecule has 8 nitrogen and oxygen atoms in total. The first-order chi connectivity index (χ1) is 14.7. The molecule has 2 N–H and O–H groups in total. The van der Waals surface area contributed by atoms with Crippen LogP contribution in [0, 0.1) is 0 Å². The number of pyridine rings is 1. The zero-order valence-corrected chi connectivity index (χ0v) is 18.4. The maximum Gasteiger partial charge on any atom is 0.255 e. The van der Waals surface area contributed by atoms with Crippen LogP contribution in [0.2, 0.25) is 0 Å². The molecule has 3 amide bonds. The quantitative estimate of drug-likeness (QED) is 0.745. The molecule has 3 rings (SSSR count). The maximum absolute atomic E-state index is 12.8. The van der Waals surface area contributed by atoms with Gasteiger partial charge in [-0.3, -0.25) is 14.4 Å². The molecule has 1 aliphatic heterocycles. The lowest BCUT2D eigenvalue weighted by Crippen LogP contribution is -2.38. The topological polar surface area (TPSA) is 94.6 Å². The average molecular weight is 424 g/mol. The maximum atomic E-state index is 12.8. The van der Waals surface area contributed by atoms with E-state index < -0.39 is 0 Å². The summed E-state index contributed by atoms with van der Waals surface area (Å²) in [5.41, 5.74) is 2.27. The van der Waals surface area contributed by atoms with Crippen molar-refractivity contribution < 1.29 is 14.4 Å². The molecule has 2 aromatic rings. The number of rotatable bonds is 6. The van der Waals surface area contributed by atoms with Crippen molar-refractivity contribution in [3.8, 4) is 0 Å². The summed E-state index contributed by atoms with van der Waals surface area (Å²) >= 11 is 0. The minimum atomic E-state index is -0.114. The number of hydrogen-bond donors (Lipinski definition) is 2. The summed E-state index contributed by atoms with van der Waals surface area (Å²) in [6, 6.07) is 11.2. The number of nitrogens with zero attached hydrogens (tertiary/aromatic N) is 3. The van der Waals surface area contributed by atoms with Crippen molar-refractivity contribution in [1.29, 1.82) is 0 Å². The molecule has 2 atom stereocenters. The van der Waals surface area contributed by atoms with Crippen LogP contribution in [-0.2, 0) is 9.59 Å². The van der Waals surface area contributed by atoms with Gasteiger partial charge in [0, 0.05) is 45.9 Å². The Bertz CT molecular complexity index is 960. The number of benzene rings is 1. The highest BCUT2D eigenvalue weighted by molar-refractivity contribution is 5.94. The number of likely N-dealkylation sites (N-methyl/N-ethyl adjacent to an activating group) is 1. The monoisotopic (exact) mass is 423 g/mol. The Hall–Kier alpha value is -3.42. The van der Waals surface area contributed by atoms with Crippen molar-refractivity contribution in [3.63, 3.8) is 0 Å². The molecule has 0 aliphatic carbocycles. The minimum absolute atomic E-state index is 0.00752. The van der Waals surface area contributed by atoms with Gasteiger partial charge in [0.2, 0.25) is 11.8 Å². The van der Waals surface area contributed by atoms with Crippen molar-refractivity contribution in [3.05, 3.63) is 53.7 Å². The lowest BCUT2D eigenvalue weighted by molar-refractivity contribution is -0.129. The van der Waals surface area contributed by atoms with E-state index in [1.165, 1.54) is 13.8 Å². The van der Waals surface area contributed by atoms with E-state index in [1.807, 2.05) is 31.2 Å².